The zero-order chi connectivity index (χ0) is 12.0. The van der Waals surface area contributed by atoms with Gasteiger partial charge in [-0.15, -0.1) is 0 Å². The largest absolute Gasteiger partial charge is 0.496 e. The molecule has 3 rings (SSSR count). The molecule has 3 heteroatoms. The van der Waals surface area contributed by atoms with E-state index in [1.165, 1.54) is 17.5 Å². The number of benzene rings is 1. The highest BCUT2D eigenvalue weighted by atomic mass is 79.9. The zero-order valence-corrected chi connectivity index (χ0v) is 11.8. The van der Waals surface area contributed by atoms with Crippen LogP contribution in [0.3, 0.4) is 0 Å². The predicted octanol–water partition coefficient (Wildman–Crippen LogP) is 3.52. The third-order valence-corrected chi connectivity index (χ3v) is 4.60. The summed E-state index contributed by atoms with van der Waals surface area (Å²) in [6.45, 7) is 2.12. The van der Waals surface area contributed by atoms with E-state index in [2.05, 4.69) is 35.0 Å². The van der Waals surface area contributed by atoms with Crippen molar-refractivity contribution >= 4 is 15.9 Å². The second kappa shape index (κ2) is 4.20. The van der Waals surface area contributed by atoms with Crippen LogP contribution in [0, 0.1) is 5.92 Å². The van der Waals surface area contributed by atoms with Crippen LogP contribution in [0.2, 0.25) is 0 Å². The van der Waals surface area contributed by atoms with E-state index in [0.29, 0.717) is 12.0 Å². The van der Waals surface area contributed by atoms with E-state index in [-0.39, 0.29) is 0 Å². The maximum atomic E-state index is 5.83. The maximum Gasteiger partial charge on any atom is 0.123 e. The summed E-state index contributed by atoms with van der Waals surface area (Å²) in [5, 5.41) is 1.08. The van der Waals surface area contributed by atoms with Crippen molar-refractivity contribution in [2.75, 3.05) is 12.4 Å². The van der Waals surface area contributed by atoms with Gasteiger partial charge in [-0.1, -0.05) is 15.9 Å². The molecule has 1 fully saturated rings. The van der Waals surface area contributed by atoms with Gasteiger partial charge in [-0.05, 0) is 37.3 Å². The lowest BCUT2D eigenvalue weighted by atomic mass is 10.0. The smallest absolute Gasteiger partial charge is 0.123 e. The van der Waals surface area contributed by atoms with Crippen LogP contribution in [0.5, 0.6) is 11.5 Å². The van der Waals surface area contributed by atoms with Gasteiger partial charge >= 0.3 is 0 Å². The monoisotopic (exact) mass is 296 g/mol. The van der Waals surface area contributed by atoms with Crippen molar-refractivity contribution in [1.29, 1.82) is 0 Å². The molecule has 1 aliphatic carbocycles. The van der Waals surface area contributed by atoms with E-state index in [0.717, 1.165) is 29.2 Å². The number of alkyl halides is 1. The average molecular weight is 297 g/mol. The van der Waals surface area contributed by atoms with Crippen molar-refractivity contribution in [2.45, 2.75) is 31.8 Å². The van der Waals surface area contributed by atoms with Crippen molar-refractivity contribution in [1.82, 2.24) is 0 Å². The molecule has 92 valence electrons. The number of hydrogen-bond donors (Lipinski definition) is 0. The first-order chi connectivity index (χ1) is 8.22. The van der Waals surface area contributed by atoms with Gasteiger partial charge in [0.25, 0.3) is 0 Å². The Hall–Kier alpha value is -0.700. The van der Waals surface area contributed by atoms with Crippen molar-refractivity contribution in [3.05, 3.63) is 23.3 Å². The summed E-state index contributed by atoms with van der Waals surface area (Å²) >= 11 is 3.56. The number of rotatable bonds is 3. The molecule has 1 aliphatic heterocycles. The van der Waals surface area contributed by atoms with Gasteiger partial charge in [-0.2, -0.15) is 0 Å². The molecule has 0 radical (unpaired) electrons. The van der Waals surface area contributed by atoms with E-state index in [4.69, 9.17) is 9.47 Å². The van der Waals surface area contributed by atoms with E-state index in [1.54, 1.807) is 7.11 Å². The summed E-state index contributed by atoms with van der Waals surface area (Å²) in [5.41, 5.74) is 2.61. The SMILES string of the molecule is COc1cc2c(cc1C1CC1CBr)OC(C)C2. The predicted molar refractivity (Wildman–Crippen MR) is 71.4 cm³/mol. The molecular weight excluding hydrogens is 280 g/mol. The second-order valence-electron chi connectivity index (χ2n) is 5.09. The van der Waals surface area contributed by atoms with E-state index in [9.17, 15) is 0 Å². The highest BCUT2D eigenvalue weighted by Crippen LogP contribution is 2.52. The Bertz CT molecular complexity index is 444. The molecule has 1 heterocycles. The molecule has 1 saturated carbocycles. The van der Waals surface area contributed by atoms with Gasteiger partial charge in [-0.3, -0.25) is 0 Å². The van der Waals surface area contributed by atoms with Crippen LogP contribution in [-0.4, -0.2) is 18.5 Å². The van der Waals surface area contributed by atoms with Gasteiger partial charge in [0.2, 0.25) is 0 Å². The Kier molecular flexibility index (Phi) is 2.81. The molecule has 0 spiro atoms. The first-order valence-corrected chi connectivity index (χ1v) is 7.28. The normalized spacial score (nSPS) is 29.7. The first-order valence-electron chi connectivity index (χ1n) is 6.16. The number of halogens is 1. The Morgan fingerprint density at radius 1 is 1.47 bits per heavy atom. The summed E-state index contributed by atoms with van der Waals surface area (Å²) in [7, 11) is 1.76. The third kappa shape index (κ3) is 1.95. The van der Waals surface area contributed by atoms with E-state index < -0.39 is 0 Å². The minimum absolute atomic E-state index is 0.302. The topological polar surface area (TPSA) is 18.5 Å². The lowest BCUT2D eigenvalue weighted by Gasteiger charge is -2.10. The summed E-state index contributed by atoms with van der Waals surface area (Å²) < 4.78 is 11.4. The van der Waals surface area contributed by atoms with Crippen LogP contribution in [0.1, 0.15) is 30.4 Å². The van der Waals surface area contributed by atoms with Gasteiger partial charge in [0.15, 0.2) is 0 Å². The van der Waals surface area contributed by atoms with Crippen LogP contribution < -0.4 is 9.47 Å². The van der Waals surface area contributed by atoms with Gasteiger partial charge in [0.1, 0.15) is 17.6 Å². The number of hydrogen-bond acceptors (Lipinski definition) is 2. The van der Waals surface area contributed by atoms with Crippen LogP contribution in [0.25, 0.3) is 0 Å². The highest BCUT2D eigenvalue weighted by molar-refractivity contribution is 9.09. The Labute approximate surface area is 110 Å². The standard InChI is InChI=1S/C14H17BrO2/c1-8-3-9-5-14(16-2)12(6-13(9)17-8)11-4-10(11)7-15/h5-6,8,10-11H,3-4,7H2,1-2H3. The molecule has 2 aliphatic rings. The number of methoxy groups -OCH3 is 1. The van der Waals surface area contributed by atoms with Crippen LogP contribution in [0.15, 0.2) is 12.1 Å². The number of ether oxygens (including phenoxy) is 2. The van der Waals surface area contributed by atoms with Gasteiger partial charge < -0.3 is 9.47 Å². The van der Waals surface area contributed by atoms with Crippen LogP contribution in [-0.2, 0) is 6.42 Å². The third-order valence-electron chi connectivity index (χ3n) is 3.77. The lowest BCUT2D eigenvalue weighted by molar-refractivity contribution is 0.254. The van der Waals surface area contributed by atoms with Crippen molar-refractivity contribution < 1.29 is 9.47 Å². The zero-order valence-electron chi connectivity index (χ0n) is 10.2. The first kappa shape index (κ1) is 11.4. The molecule has 0 bridgehead atoms. The molecule has 0 N–H and O–H groups in total. The Morgan fingerprint density at radius 3 is 2.94 bits per heavy atom. The van der Waals surface area contributed by atoms with Gasteiger partial charge in [-0.25, -0.2) is 0 Å². The summed E-state index contributed by atoms with van der Waals surface area (Å²) in [5.74, 6) is 3.51. The maximum absolute atomic E-state index is 5.83. The van der Waals surface area contributed by atoms with Crippen LogP contribution in [0.4, 0.5) is 0 Å². The average Bonchev–Trinajstić information content (AvgIpc) is 3.02. The molecule has 0 aromatic heterocycles. The van der Waals surface area contributed by atoms with E-state index in [1.807, 2.05) is 0 Å². The van der Waals surface area contributed by atoms with Crippen molar-refractivity contribution in [3.8, 4) is 11.5 Å². The minimum Gasteiger partial charge on any atom is -0.496 e. The van der Waals surface area contributed by atoms with Gasteiger partial charge in [0, 0.05) is 22.9 Å². The van der Waals surface area contributed by atoms with Crippen molar-refractivity contribution in [3.63, 3.8) is 0 Å². The minimum atomic E-state index is 0.302. The molecule has 17 heavy (non-hydrogen) atoms. The fraction of sp³-hybridized carbons (Fsp3) is 0.571. The molecule has 2 nitrogen and oxygen atoms in total. The molecule has 3 unspecified atom stereocenters. The second-order valence-corrected chi connectivity index (χ2v) is 5.74. The van der Waals surface area contributed by atoms with Gasteiger partial charge in [0.05, 0.1) is 7.11 Å². The summed E-state index contributed by atoms with van der Waals surface area (Å²) in [4.78, 5) is 0. The molecule has 0 amide bonds. The van der Waals surface area contributed by atoms with E-state index >= 15 is 0 Å². The van der Waals surface area contributed by atoms with Crippen molar-refractivity contribution in [2.24, 2.45) is 5.92 Å². The molecule has 0 saturated heterocycles. The number of fused-ring (bicyclic) bond motifs is 1. The Balaban J connectivity index is 1.96. The Morgan fingerprint density at radius 2 is 2.29 bits per heavy atom. The fourth-order valence-corrected chi connectivity index (χ4v) is 3.44. The quantitative estimate of drug-likeness (QED) is 0.795. The molecule has 1 aromatic rings. The van der Waals surface area contributed by atoms with Crippen LogP contribution >= 0.6 is 15.9 Å². The fourth-order valence-electron chi connectivity index (χ4n) is 2.72. The molecule has 1 aromatic carbocycles. The summed E-state index contributed by atoms with van der Waals surface area (Å²) in [6, 6.07) is 4.36. The molecular formula is C14H17BrO2. The molecule has 3 atom stereocenters. The summed E-state index contributed by atoms with van der Waals surface area (Å²) in [6.07, 6.45) is 2.56. The lowest BCUT2D eigenvalue weighted by Crippen LogP contribution is -2.05. The highest BCUT2D eigenvalue weighted by Gasteiger charge is 2.40.